The van der Waals surface area contributed by atoms with Crippen molar-refractivity contribution >= 4 is 11.3 Å². The molecular formula is C14H30NO3S-. The molecule has 4 nitrogen and oxygen atoms in total. The van der Waals surface area contributed by atoms with Gasteiger partial charge in [-0.2, -0.15) is 0 Å². The summed E-state index contributed by atoms with van der Waals surface area (Å²) in [4.78, 5) is 0. The van der Waals surface area contributed by atoms with E-state index < -0.39 is 11.3 Å². The third kappa shape index (κ3) is 18.0. The zero-order valence-corrected chi connectivity index (χ0v) is 13.1. The van der Waals surface area contributed by atoms with Gasteiger partial charge in [-0.1, -0.05) is 64.7 Å². The van der Waals surface area contributed by atoms with Crippen molar-refractivity contribution in [1.82, 2.24) is 4.72 Å². The highest BCUT2D eigenvalue weighted by Crippen LogP contribution is 2.10. The summed E-state index contributed by atoms with van der Waals surface area (Å²) >= 11 is -2.16. The van der Waals surface area contributed by atoms with Crippen LogP contribution in [0.2, 0.25) is 0 Å². The van der Waals surface area contributed by atoms with Crippen LogP contribution < -0.4 is 4.72 Å². The minimum absolute atomic E-state index is 0.369. The van der Waals surface area contributed by atoms with Gasteiger partial charge in [0.15, 0.2) is 0 Å². The van der Waals surface area contributed by atoms with Gasteiger partial charge in [0.2, 0.25) is 0 Å². The fourth-order valence-corrected chi connectivity index (χ4v) is 2.24. The van der Waals surface area contributed by atoms with E-state index in [0.29, 0.717) is 13.2 Å². The molecule has 0 aromatic heterocycles. The summed E-state index contributed by atoms with van der Waals surface area (Å²) in [5.74, 6) is 0. The molecular weight excluding hydrogens is 262 g/mol. The normalized spacial score (nSPS) is 12.7. The molecule has 0 heterocycles. The summed E-state index contributed by atoms with van der Waals surface area (Å²) in [5, 5.41) is 0. The van der Waals surface area contributed by atoms with Crippen molar-refractivity contribution in [3.05, 3.63) is 0 Å². The first kappa shape index (κ1) is 19.0. The lowest BCUT2D eigenvalue weighted by atomic mass is 10.1. The highest BCUT2D eigenvalue weighted by Gasteiger charge is 1.93. The molecule has 0 aliphatic carbocycles. The molecule has 5 heteroatoms. The van der Waals surface area contributed by atoms with E-state index in [1.54, 1.807) is 0 Å². The van der Waals surface area contributed by atoms with Crippen LogP contribution in [0.3, 0.4) is 0 Å². The smallest absolute Gasteiger partial charge is 0.0600 e. The van der Waals surface area contributed by atoms with E-state index in [-0.39, 0.29) is 0 Å². The second kappa shape index (κ2) is 16.1. The summed E-state index contributed by atoms with van der Waals surface area (Å²) in [6, 6.07) is 0. The van der Waals surface area contributed by atoms with Crippen molar-refractivity contribution in [1.29, 1.82) is 0 Å². The Kier molecular flexibility index (Phi) is 16.1. The average molecular weight is 292 g/mol. The molecule has 116 valence electrons. The molecule has 19 heavy (non-hydrogen) atoms. The molecule has 0 bridgehead atoms. The predicted molar refractivity (Wildman–Crippen MR) is 79.6 cm³/mol. The minimum atomic E-state index is -2.16. The van der Waals surface area contributed by atoms with Gasteiger partial charge in [-0.25, -0.2) is 4.72 Å². The van der Waals surface area contributed by atoms with Crippen LogP contribution in [0.25, 0.3) is 0 Å². The minimum Gasteiger partial charge on any atom is -0.760 e. The summed E-state index contributed by atoms with van der Waals surface area (Å²) in [5.41, 5.74) is 0. The van der Waals surface area contributed by atoms with E-state index in [1.165, 1.54) is 57.8 Å². The Balaban J connectivity index is 2.93. The SMILES string of the molecule is CCCCCCCCCCCCOCCNS(=O)[O-]. The number of rotatable bonds is 15. The van der Waals surface area contributed by atoms with Crippen LogP contribution in [-0.4, -0.2) is 28.5 Å². The van der Waals surface area contributed by atoms with Crippen LogP contribution in [0.5, 0.6) is 0 Å². The molecule has 0 aliphatic heterocycles. The Morgan fingerprint density at radius 2 is 1.42 bits per heavy atom. The van der Waals surface area contributed by atoms with Gasteiger partial charge in [0.05, 0.1) is 6.61 Å². The van der Waals surface area contributed by atoms with Gasteiger partial charge < -0.3 is 9.29 Å². The summed E-state index contributed by atoms with van der Waals surface area (Å²) in [7, 11) is 0. The zero-order valence-electron chi connectivity index (χ0n) is 12.3. The fourth-order valence-electron chi connectivity index (χ4n) is 1.99. The van der Waals surface area contributed by atoms with Gasteiger partial charge in [-0.05, 0) is 6.42 Å². The standard InChI is InChI=1S/C14H31NO3S/c1-2-3-4-5-6-7-8-9-10-11-13-18-14-12-15-19(16)17/h15H,2-14H2,1H3,(H,16,17)/p-1. The Morgan fingerprint density at radius 1 is 0.895 bits per heavy atom. The Labute approximate surface area is 121 Å². The summed E-state index contributed by atoms with van der Waals surface area (Å²) < 4.78 is 27.9. The highest BCUT2D eigenvalue weighted by molar-refractivity contribution is 7.77. The molecule has 0 aliphatic rings. The van der Waals surface area contributed by atoms with Crippen molar-refractivity contribution in [2.45, 2.75) is 71.1 Å². The van der Waals surface area contributed by atoms with E-state index in [1.807, 2.05) is 0 Å². The van der Waals surface area contributed by atoms with E-state index >= 15 is 0 Å². The fraction of sp³-hybridized carbons (Fsp3) is 1.00. The maximum atomic E-state index is 10.2. The number of unbranched alkanes of at least 4 members (excludes halogenated alkanes) is 9. The lowest BCUT2D eigenvalue weighted by molar-refractivity contribution is 0.134. The second-order valence-electron chi connectivity index (χ2n) is 4.92. The van der Waals surface area contributed by atoms with Gasteiger partial charge >= 0.3 is 0 Å². The van der Waals surface area contributed by atoms with Gasteiger partial charge in [-0.3, -0.25) is 4.21 Å². The van der Waals surface area contributed by atoms with Crippen LogP contribution in [0.4, 0.5) is 0 Å². The second-order valence-corrected chi connectivity index (χ2v) is 5.68. The molecule has 0 spiro atoms. The van der Waals surface area contributed by atoms with Crippen LogP contribution in [0.15, 0.2) is 0 Å². The first-order valence-corrected chi connectivity index (χ1v) is 8.75. The first-order chi connectivity index (χ1) is 9.27. The van der Waals surface area contributed by atoms with Gasteiger partial charge in [0.25, 0.3) is 0 Å². The lowest BCUT2D eigenvalue weighted by Gasteiger charge is -2.07. The number of hydrogen-bond donors (Lipinski definition) is 1. The first-order valence-electron chi connectivity index (χ1n) is 7.68. The summed E-state index contributed by atoms with van der Waals surface area (Å²) in [6.45, 7) is 3.82. The molecule has 0 saturated carbocycles. The Morgan fingerprint density at radius 3 is 1.95 bits per heavy atom. The topological polar surface area (TPSA) is 61.4 Å². The van der Waals surface area contributed by atoms with Crippen molar-refractivity contribution in [2.75, 3.05) is 19.8 Å². The zero-order chi connectivity index (χ0) is 14.2. The highest BCUT2D eigenvalue weighted by atomic mass is 32.2. The molecule has 0 saturated heterocycles. The van der Waals surface area contributed by atoms with E-state index in [4.69, 9.17) is 4.74 Å². The van der Waals surface area contributed by atoms with Crippen LogP contribution in [0.1, 0.15) is 71.1 Å². The third-order valence-electron chi connectivity index (χ3n) is 3.11. The van der Waals surface area contributed by atoms with Crippen molar-refractivity contribution < 1.29 is 13.5 Å². The average Bonchev–Trinajstić information content (AvgIpc) is 2.39. The molecule has 0 radical (unpaired) electrons. The van der Waals surface area contributed by atoms with Crippen LogP contribution in [-0.2, 0) is 16.0 Å². The monoisotopic (exact) mass is 292 g/mol. The van der Waals surface area contributed by atoms with Gasteiger partial charge in [0.1, 0.15) is 0 Å². The van der Waals surface area contributed by atoms with Crippen molar-refractivity contribution in [3.63, 3.8) is 0 Å². The molecule has 1 N–H and O–H groups in total. The molecule has 0 fully saturated rings. The Hall–Kier alpha value is 0.0300. The van der Waals surface area contributed by atoms with E-state index in [0.717, 1.165) is 13.0 Å². The lowest BCUT2D eigenvalue weighted by Crippen LogP contribution is -2.21. The van der Waals surface area contributed by atoms with Gasteiger partial charge in [0, 0.05) is 24.4 Å². The van der Waals surface area contributed by atoms with Crippen LogP contribution >= 0.6 is 0 Å². The van der Waals surface area contributed by atoms with E-state index in [9.17, 15) is 8.76 Å². The van der Waals surface area contributed by atoms with Crippen LogP contribution in [0, 0.1) is 0 Å². The number of nitrogens with one attached hydrogen (secondary N) is 1. The summed E-state index contributed by atoms with van der Waals surface area (Å²) in [6.07, 6.45) is 13.2. The Bertz CT molecular complexity index is 203. The predicted octanol–water partition coefficient (Wildman–Crippen LogP) is 3.31. The van der Waals surface area contributed by atoms with Gasteiger partial charge in [-0.15, -0.1) is 0 Å². The molecule has 1 unspecified atom stereocenters. The quantitative estimate of drug-likeness (QED) is 0.372. The maximum Gasteiger partial charge on any atom is 0.0600 e. The number of ether oxygens (including phenoxy) is 1. The third-order valence-corrected chi connectivity index (χ3v) is 3.55. The largest absolute Gasteiger partial charge is 0.760 e. The van der Waals surface area contributed by atoms with Crippen molar-refractivity contribution in [2.24, 2.45) is 0 Å². The molecule has 0 rings (SSSR count). The molecule has 0 aromatic rings. The van der Waals surface area contributed by atoms with E-state index in [2.05, 4.69) is 11.6 Å². The molecule has 0 aromatic carbocycles. The number of hydrogen-bond acceptors (Lipinski definition) is 3. The van der Waals surface area contributed by atoms with Crippen molar-refractivity contribution in [3.8, 4) is 0 Å². The molecule has 0 amide bonds. The maximum absolute atomic E-state index is 10.2. The molecule has 1 atom stereocenters.